The summed E-state index contributed by atoms with van der Waals surface area (Å²) in [5.74, 6) is 0.952. The molecule has 1 spiro atoms. The zero-order valence-corrected chi connectivity index (χ0v) is 14.2. The molecule has 0 saturated heterocycles. The average molecular weight is 302 g/mol. The van der Waals surface area contributed by atoms with Crippen LogP contribution in [0.3, 0.4) is 0 Å². The zero-order valence-electron chi connectivity index (χ0n) is 14.2. The molecule has 0 nitrogen and oxygen atoms in total. The van der Waals surface area contributed by atoms with Gasteiger partial charge in [-0.05, 0) is 83.7 Å². The molecule has 23 heavy (non-hydrogen) atoms. The fraction of sp³-hybridized carbons (Fsp3) is 0.478. The Morgan fingerprint density at radius 2 is 2.09 bits per heavy atom. The maximum Gasteiger partial charge on any atom is -0.0149 e. The molecule has 1 fully saturated rings. The van der Waals surface area contributed by atoms with Gasteiger partial charge in [0.1, 0.15) is 0 Å². The van der Waals surface area contributed by atoms with Crippen molar-refractivity contribution >= 4 is 10.8 Å². The van der Waals surface area contributed by atoms with E-state index in [1.807, 2.05) is 0 Å². The molecule has 0 heterocycles. The number of allylic oxidation sites excluding steroid dienone is 2. The van der Waals surface area contributed by atoms with Gasteiger partial charge in [-0.15, -0.1) is 0 Å². The first kappa shape index (κ1) is 13.8. The molecule has 0 radical (unpaired) electrons. The lowest BCUT2D eigenvalue weighted by atomic mass is 9.64. The summed E-state index contributed by atoms with van der Waals surface area (Å²) in [7, 11) is 0. The molecule has 1 saturated carbocycles. The van der Waals surface area contributed by atoms with Crippen molar-refractivity contribution in [2.45, 2.75) is 58.3 Å². The molecule has 0 amide bonds. The highest BCUT2D eigenvalue weighted by molar-refractivity contribution is 5.87. The van der Waals surface area contributed by atoms with Gasteiger partial charge in [-0.3, -0.25) is 0 Å². The Morgan fingerprint density at radius 1 is 1.13 bits per heavy atom. The highest BCUT2D eigenvalue weighted by Gasteiger charge is 2.48. The van der Waals surface area contributed by atoms with Crippen LogP contribution in [0, 0.1) is 11.3 Å². The summed E-state index contributed by atoms with van der Waals surface area (Å²) < 4.78 is 0. The number of aryl methyl sites for hydroxylation is 2. The summed E-state index contributed by atoms with van der Waals surface area (Å²) in [5.41, 5.74) is 7.22. The lowest BCUT2D eigenvalue weighted by molar-refractivity contribution is 0.169. The molecule has 0 aromatic heterocycles. The van der Waals surface area contributed by atoms with Gasteiger partial charge >= 0.3 is 0 Å². The molecule has 2 atom stereocenters. The third-order valence-corrected chi connectivity index (χ3v) is 6.89. The Hall–Kier alpha value is -1.56. The molecule has 2 bridgehead atoms. The topological polar surface area (TPSA) is 0 Å². The molecular formula is C23H26. The maximum atomic E-state index is 2.54. The van der Waals surface area contributed by atoms with Crippen molar-refractivity contribution in [3.8, 4) is 0 Å². The van der Waals surface area contributed by atoms with Gasteiger partial charge in [-0.25, -0.2) is 0 Å². The minimum absolute atomic E-state index is 0.617. The van der Waals surface area contributed by atoms with Gasteiger partial charge in [-0.1, -0.05) is 55.3 Å². The van der Waals surface area contributed by atoms with Crippen molar-refractivity contribution in [1.82, 2.24) is 0 Å². The molecule has 5 rings (SSSR count). The minimum Gasteiger partial charge on any atom is -0.0850 e. The van der Waals surface area contributed by atoms with Crippen LogP contribution in [0.2, 0.25) is 0 Å². The number of rotatable bonds is 2. The summed E-state index contributed by atoms with van der Waals surface area (Å²) in [6, 6.07) is 12.0. The van der Waals surface area contributed by atoms with E-state index in [1.165, 1.54) is 67.7 Å². The summed E-state index contributed by atoms with van der Waals surface area (Å²) >= 11 is 0. The Morgan fingerprint density at radius 3 is 2.87 bits per heavy atom. The molecule has 3 aliphatic rings. The first-order valence-electron chi connectivity index (χ1n) is 9.49. The van der Waals surface area contributed by atoms with Crippen molar-refractivity contribution in [3.05, 3.63) is 58.7 Å². The van der Waals surface area contributed by atoms with Gasteiger partial charge in [0, 0.05) is 0 Å². The van der Waals surface area contributed by atoms with E-state index in [-0.39, 0.29) is 0 Å². The minimum atomic E-state index is 0.617. The zero-order chi connectivity index (χ0) is 15.4. The van der Waals surface area contributed by atoms with E-state index < -0.39 is 0 Å². The van der Waals surface area contributed by atoms with E-state index in [4.69, 9.17) is 0 Å². The van der Waals surface area contributed by atoms with E-state index in [0.717, 1.165) is 5.92 Å². The molecule has 2 aromatic carbocycles. The van der Waals surface area contributed by atoms with Gasteiger partial charge in [0.05, 0.1) is 0 Å². The van der Waals surface area contributed by atoms with Gasteiger partial charge in [0.15, 0.2) is 0 Å². The quantitative estimate of drug-likeness (QED) is 0.596. The van der Waals surface area contributed by atoms with Gasteiger partial charge in [0.2, 0.25) is 0 Å². The second-order valence-electron chi connectivity index (χ2n) is 8.22. The number of hydrogen-bond acceptors (Lipinski definition) is 0. The summed E-state index contributed by atoms with van der Waals surface area (Å²) in [4.78, 5) is 0. The Kier molecular flexibility index (Phi) is 2.99. The van der Waals surface area contributed by atoms with Crippen molar-refractivity contribution in [3.63, 3.8) is 0 Å². The molecule has 2 unspecified atom stereocenters. The van der Waals surface area contributed by atoms with Crippen molar-refractivity contribution in [2.24, 2.45) is 11.3 Å². The standard InChI is InChI=1S/C23H26/c1-2-4-17-5-3-6-19-12-20-15-23(10-9-18(20)13-22(17)19)14-16-7-8-21(23)11-16/h3,5-7,12-13,21H,2,4,8-11,14-15H2,1H3. The third kappa shape index (κ3) is 2.04. The van der Waals surface area contributed by atoms with Crippen LogP contribution in [0.5, 0.6) is 0 Å². The van der Waals surface area contributed by atoms with Gasteiger partial charge < -0.3 is 0 Å². The fourth-order valence-electron chi connectivity index (χ4n) is 5.72. The van der Waals surface area contributed by atoms with Gasteiger partial charge in [0.25, 0.3) is 0 Å². The van der Waals surface area contributed by atoms with Crippen LogP contribution >= 0.6 is 0 Å². The number of hydrogen-bond donors (Lipinski definition) is 0. The predicted octanol–water partition coefficient (Wildman–Crippen LogP) is 6.01. The van der Waals surface area contributed by atoms with E-state index in [2.05, 4.69) is 43.3 Å². The van der Waals surface area contributed by atoms with Crippen LogP contribution in [-0.2, 0) is 19.3 Å². The molecule has 3 aliphatic carbocycles. The van der Waals surface area contributed by atoms with Crippen LogP contribution in [0.25, 0.3) is 10.8 Å². The van der Waals surface area contributed by atoms with Crippen molar-refractivity contribution in [1.29, 1.82) is 0 Å². The van der Waals surface area contributed by atoms with Crippen LogP contribution in [-0.4, -0.2) is 0 Å². The normalized spacial score (nSPS) is 28.4. The van der Waals surface area contributed by atoms with E-state index >= 15 is 0 Å². The van der Waals surface area contributed by atoms with Crippen LogP contribution in [0.1, 0.15) is 55.7 Å². The Bertz CT molecular complexity index is 810. The number of fused-ring (bicyclic) bond motifs is 5. The molecule has 0 heteroatoms. The van der Waals surface area contributed by atoms with Crippen molar-refractivity contribution in [2.75, 3.05) is 0 Å². The highest BCUT2D eigenvalue weighted by atomic mass is 14.5. The third-order valence-electron chi connectivity index (χ3n) is 6.89. The van der Waals surface area contributed by atoms with Crippen LogP contribution in [0.4, 0.5) is 0 Å². The monoisotopic (exact) mass is 302 g/mol. The summed E-state index contributed by atoms with van der Waals surface area (Å²) in [6.45, 7) is 2.28. The average Bonchev–Trinajstić information content (AvgIpc) is 3.15. The summed E-state index contributed by atoms with van der Waals surface area (Å²) in [6.07, 6.45) is 13.2. The molecular weight excluding hydrogens is 276 g/mol. The first-order chi connectivity index (χ1) is 11.3. The fourth-order valence-corrected chi connectivity index (χ4v) is 5.72. The number of benzene rings is 2. The molecule has 2 aromatic rings. The Balaban J connectivity index is 1.58. The predicted molar refractivity (Wildman–Crippen MR) is 97.8 cm³/mol. The lowest BCUT2D eigenvalue weighted by Gasteiger charge is -2.40. The highest BCUT2D eigenvalue weighted by Crippen LogP contribution is 2.58. The second-order valence-corrected chi connectivity index (χ2v) is 8.22. The van der Waals surface area contributed by atoms with E-state index in [9.17, 15) is 0 Å². The lowest BCUT2D eigenvalue weighted by Crippen LogP contribution is -2.33. The Labute approximate surface area is 139 Å². The van der Waals surface area contributed by atoms with Crippen LogP contribution < -0.4 is 0 Å². The first-order valence-corrected chi connectivity index (χ1v) is 9.49. The van der Waals surface area contributed by atoms with E-state index in [1.54, 1.807) is 16.7 Å². The largest absolute Gasteiger partial charge is 0.0850 e. The van der Waals surface area contributed by atoms with Crippen LogP contribution in [0.15, 0.2) is 42.0 Å². The SMILES string of the molecule is CCCc1cccc2cc3c(cc12)CCC1(CC2=CCC1C2)C3. The van der Waals surface area contributed by atoms with Crippen molar-refractivity contribution < 1.29 is 0 Å². The summed E-state index contributed by atoms with van der Waals surface area (Å²) in [5, 5.41) is 2.98. The molecule has 0 aliphatic heterocycles. The maximum absolute atomic E-state index is 2.54. The van der Waals surface area contributed by atoms with Gasteiger partial charge in [-0.2, -0.15) is 0 Å². The second kappa shape index (κ2) is 4.97. The smallest absolute Gasteiger partial charge is 0.0149 e. The molecule has 118 valence electrons. The molecule has 0 N–H and O–H groups in total. The van der Waals surface area contributed by atoms with E-state index in [0.29, 0.717) is 5.41 Å².